The second-order valence-electron chi connectivity index (χ2n) is 11.7. The molecule has 2 nitrogen and oxygen atoms in total. The van der Waals surface area contributed by atoms with Crippen LogP contribution in [-0.2, 0) is 4.74 Å². The lowest BCUT2D eigenvalue weighted by Gasteiger charge is -2.30. The molecule has 1 atom stereocenters. The van der Waals surface area contributed by atoms with E-state index in [9.17, 15) is 5.11 Å². The highest BCUT2D eigenvalue weighted by atomic mass is 19.1. The Morgan fingerprint density at radius 1 is 1.00 bits per heavy atom. The Morgan fingerprint density at radius 2 is 1.74 bits per heavy atom. The van der Waals surface area contributed by atoms with Gasteiger partial charge in [-0.05, 0) is 134 Å². The van der Waals surface area contributed by atoms with Gasteiger partial charge in [0.05, 0.1) is 0 Å². The number of hydrogen-bond donors (Lipinski definition) is 1. The van der Waals surface area contributed by atoms with Gasteiger partial charge in [-0.3, -0.25) is 0 Å². The number of benzene rings is 1. The summed E-state index contributed by atoms with van der Waals surface area (Å²) in [5, 5.41) is 9.96. The average molecular weight is 513 g/mol. The number of aromatic hydroxyl groups is 1. The SMILES string of the molecule is C=C1C=C(C2=C(C)OCC(C)=C2C)C=C2CCC(CCC3(F)CCCCC3)C=C(c3ccc(O)cc3)C2=C1. The van der Waals surface area contributed by atoms with Crippen molar-refractivity contribution in [2.45, 2.75) is 84.2 Å². The smallest absolute Gasteiger partial charge is 0.115 e. The van der Waals surface area contributed by atoms with Crippen molar-refractivity contribution in [2.24, 2.45) is 5.92 Å². The minimum absolute atomic E-state index is 0.257. The largest absolute Gasteiger partial charge is 0.508 e. The quantitative estimate of drug-likeness (QED) is 0.425. The molecule has 38 heavy (non-hydrogen) atoms. The molecule has 3 aliphatic carbocycles. The summed E-state index contributed by atoms with van der Waals surface area (Å²) in [7, 11) is 0. The van der Waals surface area contributed by atoms with Gasteiger partial charge >= 0.3 is 0 Å². The summed E-state index contributed by atoms with van der Waals surface area (Å²) >= 11 is 0. The Labute approximate surface area is 227 Å². The Kier molecular flexibility index (Phi) is 7.66. The van der Waals surface area contributed by atoms with Gasteiger partial charge in [-0.2, -0.15) is 0 Å². The van der Waals surface area contributed by atoms with Crippen molar-refractivity contribution in [2.75, 3.05) is 6.61 Å². The normalized spacial score (nSPS) is 23.9. The monoisotopic (exact) mass is 512 g/mol. The van der Waals surface area contributed by atoms with Crippen LogP contribution in [0.4, 0.5) is 4.39 Å². The number of alkyl halides is 1. The van der Waals surface area contributed by atoms with Crippen molar-refractivity contribution in [1.29, 1.82) is 0 Å². The first kappa shape index (κ1) is 26.5. The Balaban J connectivity index is 1.53. The highest BCUT2D eigenvalue weighted by Gasteiger charge is 2.33. The van der Waals surface area contributed by atoms with Crippen molar-refractivity contribution < 1.29 is 14.2 Å². The van der Waals surface area contributed by atoms with Gasteiger partial charge in [0.15, 0.2) is 0 Å². The van der Waals surface area contributed by atoms with Crippen molar-refractivity contribution in [1.82, 2.24) is 0 Å². The van der Waals surface area contributed by atoms with E-state index in [1.165, 1.54) is 22.3 Å². The number of phenolic OH excluding ortho intramolecular Hbond substituents is 1. The molecule has 3 heteroatoms. The van der Waals surface area contributed by atoms with Crippen LogP contribution < -0.4 is 0 Å². The van der Waals surface area contributed by atoms with E-state index in [1.54, 1.807) is 12.1 Å². The molecule has 1 aromatic rings. The standard InChI is InChI=1S/C35H41FO2/c1-23-18-30(34-25(3)24(2)22-38-26(34)4)21-29-9-8-27(14-17-35(36)15-6-5-7-16-35)20-33(32(29)19-23)28-10-12-31(37)13-11-28/h10-13,18-21,27,37H,1,5-9,14-17,22H2,2-4H3. The minimum atomic E-state index is -1.00. The number of hydrogen-bond acceptors (Lipinski definition) is 2. The lowest BCUT2D eigenvalue weighted by atomic mass is 9.80. The van der Waals surface area contributed by atoms with E-state index < -0.39 is 5.67 Å². The fraction of sp³-hybridized carbons (Fsp3) is 0.429. The second kappa shape index (κ2) is 11.0. The van der Waals surface area contributed by atoms with E-state index >= 15 is 4.39 Å². The van der Waals surface area contributed by atoms with Crippen molar-refractivity contribution >= 4 is 5.57 Å². The highest BCUT2D eigenvalue weighted by molar-refractivity contribution is 5.86. The maximum Gasteiger partial charge on any atom is 0.115 e. The number of fused-ring (bicyclic) bond motifs is 1. The third-order valence-corrected chi connectivity index (χ3v) is 8.88. The molecule has 0 spiro atoms. The number of ether oxygens (including phenoxy) is 1. The zero-order valence-corrected chi connectivity index (χ0v) is 23.2. The average Bonchev–Trinajstić information content (AvgIpc) is 3.16. The Hall–Kier alpha value is -3.07. The zero-order chi connectivity index (χ0) is 26.9. The Bertz CT molecular complexity index is 1290. The highest BCUT2D eigenvalue weighted by Crippen LogP contribution is 2.44. The van der Waals surface area contributed by atoms with Crippen LogP contribution in [-0.4, -0.2) is 17.4 Å². The van der Waals surface area contributed by atoms with Crippen molar-refractivity contribution in [3.63, 3.8) is 0 Å². The number of allylic oxidation sites excluding steroid dienone is 12. The molecule has 5 rings (SSSR count). The van der Waals surface area contributed by atoms with Crippen LogP contribution in [0.25, 0.3) is 5.57 Å². The second-order valence-corrected chi connectivity index (χ2v) is 11.7. The van der Waals surface area contributed by atoms with Gasteiger partial charge < -0.3 is 9.84 Å². The summed E-state index contributed by atoms with van der Waals surface area (Å²) in [4.78, 5) is 0. The topological polar surface area (TPSA) is 29.5 Å². The van der Waals surface area contributed by atoms with Crippen LogP contribution >= 0.6 is 0 Å². The van der Waals surface area contributed by atoms with Crippen molar-refractivity contribution in [3.05, 3.63) is 105 Å². The van der Waals surface area contributed by atoms with Gasteiger partial charge in [0.25, 0.3) is 0 Å². The molecular formula is C35H41FO2. The van der Waals surface area contributed by atoms with Crippen LogP contribution in [0.15, 0.2) is 99.9 Å². The lowest BCUT2D eigenvalue weighted by Crippen LogP contribution is -2.26. The predicted octanol–water partition coefficient (Wildman–Crippen LogP) is 9.63. The van der Waals surface area contributed by atoms with Gasteiger partial charge in [-0.15, -0.1) is 0 Å². The fourth-order valence-corrected chi connectivity index (χ4v) is 6.47. The van der Waals surface area contributed by atoms with Crippen LogP contribution in [0.3, 0.4) is 0 Å². The molecule has 4 aliphatic rings. The fourth-order valence-electron chi connectivity index (χ4n) is 6.47. The molecule has 1 heterocycles. The molecule has 0 radical (unpaired) electrons. The molecule has 0 amide bonds. The summed E-state index contributed by atoms with van der Waals surface area (Å²) in [5.41, 5.74) is 9.44. The molecule has 1 aliphatic heterocycles. The summed E-state index contributed by atoms with van der Waals surface area (Å²) in [6.07, 6.45) is 17.1. The molecule has 0 bridgehead atoms. The van der Waals surface area contributed by atoms with Gasteiger partial charge in [-0.1, -0.05) is 50.1 Å². The van der Waals surface area contributed by atoms with Crippen LogP contribution in [0, 0.1) is 5.92 Å². The molecule has 1 fully saturated rings. The first-order chi connectivity index (χ1) is 18.2. The molecule has 1 saturated carbocycles. The number of rotatable bonds is 5. The van der Waals surface area contributed by atoms with E-state index in [2.05, 4.69) is 51.7 Å². The summed E-state index contributed by atoms with van der Waals surface area (Å²) in [6.45, 7) is 11.4. The summed E-state index contributed by atoms with van der Waals surface area (Å²) in [5.74, 6) is 1.51. The summed E-state index contributed by atoms with van der Waals surface area (Å²) in [6, 6.07) is 7.47. The van der Waals surface area contributed by atoms with Crippen molar-refractivity contribution in [3.8, 4) is 5.75 Å². The van der Waals surface area contributed by atoms with Gasteiger partial charge in [0, 0.05) is 5.57 Å². The van der Waals surface area contributed by atoms with E-state index in [0.717, 1.165) is 72.1 Å². The van der Waals surface area contributed by atoms with Gasteiger partial charge in [0.1, 0.15) is 23.8 Å². The van der Waals surface area contributed by atoms with Gasteiger partial charge in [-0.25, -0.2) is 4.39 Å². The van der Waals surface area contributed by atoms with Crippen LogP contribution in [0.2, 0.25) is 0 Å². The molecule has 0 aromatic heterocycles. The van der Waals surface area contributed by atoms with E-state index in [4.69, 9.17) is 4.74 Å². The maximum atomic E-state index is 15.5. The lowest BCUT2D eigenvalue weighted by molar-refractivity contribution is 0.0895. The third-order valence-electron chi connectivity index (χ3n) is 8.88. The Morgan fingerprint density at radius 3 is 2.47 bits per heavy atom. The molecule has 1 unspecified atom stereocenters. The number of halogens is 1. The maximum absolute atomic E-state index is 15.5. The molecule has 200 valence electrons. The number of phenols is 1. The molecule has 1 N–H and O–H groups in total. The van der Waals surface area contributed by atoms with Crippen LogP contribution in [0.5, 0.6) is 5.75 Å². The molecule has 0 saturated heterocycles. The first-order valence-electron chi connectivity index (χ1n) is 14.3. The van der Waals surface area contributed by atoms with Crippen LogP contribution in [0.1, 0.15) is 84.1 Å². The zero-order valence-electron chi connectivity index (χ0n) is 23.2. The minimum Gasteiger partial charge on any atom is -0.508 e. The molecule has 1 aromatic carbocycles. The third kappa shape index (κ3) is 5.67. The predicted molar refractivity (Wildman–Crippen MR) is 155 cm³/mol. The first-order valence-corrected chi connectivity index (χ1v) is 14.3. The summed E-state index contributed by atoms with van der Waals surface area (Å²) < 4.78 is 21.6. The van der Waals surface area contributed by atoms with E-state index in [1.807, 2.05) is 12.1 Å². The van der Waals surface area contributed by atoms with E-state index in [-0.39, 0.29) is 5.75 Å². The van der Waals surface area contributed by atoms with E-state index in [0.29, 0.717) is 31.8 Å². The van der Waals surface area contributed by atoms with Gasteiger partial charge in [0.2, 0.25) is 0 Å². The molecular weight excluding hydrogens is 471 g/mol.